The van der Waals surface area contributed by atoms with Gasteiger partial charge in [-0.3, -0.25) is 9.59 Å². The average Bonchev–Trinajstić information content (AvgIpc) is 3.59. The van der Waals surface area contributed by atoms with Crippen molar-refractivity contribution in [2.75, 3.05) is 6.61 Å². The zero-order valence-electron chi connectivity index (χ0n) is 22.2. The number of carbonyl (C=O) groups excluding carboxylic acids is 2. The van der Waals surface area contributed by atoms with Crippen molar-refractivity contribution in [3.63, 3.8) is 0 Å². The molecule has 0 amide bonds. The molecule has 4 saturated carbocycles. The normalized spacial score (nSPS) is 49.0. The number of carbonyl (C=O) groups is 2. The van der Waals surface area contributed by atoms with Gasteiger partial charge < -0.3 is 5.11 Å². The Hall–Kier alpha value is -1.73. The average molecular weight is 476 g/mol. The van der Waals surface area contributed by atoms with E-state index < -0.39 is 5.41 Å². The van der Waals surface area contributed by atoms with Gasteiger partial charge in [-0.05, 0) is 97.4 Å². The van der Waals surface area contributed by atoms with E-state index in [4.69, 9.17) is 0 Å². The summed E-state index contributed by atoms with van der Waals surface area (Å²) in [6.07, 6.45) is 12.7. The van der Waals surface area contributed by atoms with Crippen LogP contribution in [0.15, 0.2) is 23.3 Å². The van der Waals surface area contributed by atoms with Crippen LogP contribution in [0.3, 0.4) is 0 Å². The summed E-state index contributed by atoms with van der Waals surface area (Å²) in [6, 6.07) is 2.22. The lowest BCUT2D eigenvalue weighted by Crippen LogP contribution is -2.64. The van der Waals surface area contributed by atoms with Crippen molar-refractivity contribution in [1.29, 1.82) is 5.26 Å². The molecule has 0 aromatic rings. The van der Waals surface area contributed by atoms with Crippen LogP contribution in [0.4, 0.5) is 0 Å². The number of aliphatic hydroxyl groups is 1. The van der Waals surface area contributed by atoms with Gasteiger partial charge in [-0.15, -0.1) is 0 Å². The van der Waals surface area contributed by atoms with Crippen LogP contribution < -0.4 is 0 Å². The summed E-state index contributed by atoms with van der Waals surface area (Å²) in [6.45, 7) is 11.8. The van der Waals surface area contributed by atoms with E-state index in [1.165, 1.54) is 5.57 Å². The molecule has 0 aliphatic heterocycles. The number of rotatable bonds is 1. The lowest BCUT2D eigenvalue weighted by molar-refractivity contribution is -0.176. The molecule has 4 fully saturated rings. The first-order valence-electron chi connectivity index (χ1n) is 13.9. The second-order valence-electron chi connectivity index (χ2n) is 14.7. The fraction of sp³-hybridized carbons (Fsp3) is 0.774. The molecule has 0 aromatic carbocycles. The zero-order chi connectivity index (χ0) is 25.2. The van der Waals surface area contributed by atoms with Gasteiger partial charge in [0.1, 0.15) is 6.07 Å². The molecule has 0 aromatic heterocycles. The summed E-state index contributed by atoms with van der Waals surface area (Å²) in [5.74, 6) is 0.594. The Kier molecular flexibility index (Phi) is 4.58. The van der Waals surface area contributed by atoms with Crippen LogP contribution in [-0.2, 0) is 9.59 Å². The van der Waals surface area contributed by atoms with Crippen molar-refractivity contribution in [2.24, 2.45) is 50.2 Å². The van der Waals surface area contributed by atoms with E-state index in [-0.39, 0.29) is 63.0 Å². The SMILES string of the molecule is CC1(C)CC[C@]2(CO)CC[C@]3(C)[C@H](C(=O)C=C4[C@@]5(C)C=C(C#N)C(=O)C6(CC6)[C@@H]5CC[C@]43C)[C@@H]2C1. The zero-order valence-corrected chi connectivity index (χ0v) is 22.2. The van der Waals surface area contributed by atoms with E-state index in [2.05, 4.69) is 40.7 Å². The molecular weight excluding hydrogens is 434 g/mol. The summed E-state index contributed by atoms with van der Waals surface area (Å²) in [7, 11) is 0. The lowest BCUT2D eigenvalue weighted by Gasteiger charge is -2.68. The van der Waals surface area contributed by atoms with Crippen molar-refractivity contribution >= 4 is 11.6 Å². The Morgan fingerprint density at radius 2 is 1.69 bits per heavy atom. The Morgan fingerprint density at radius 3 is 2.31 bits per heavy atom. The molecule has 0 radical (unpaired) electrons. The smallest absolute Gasteiger partial charge is 0.179 e. The monoisotopic (exact) mass is 475 g/mol. The molecular formula is C31H41NO3. The highest BCUT2D eigenvalue weighted by atomic mass is 16.3. The van der Waals surface area contributed by atoms with Crippen molar-refractivity contribution in [2.45, 2.75) is 92.4 Å². The molecule has 1 N–H and O–H groups in total. The van der Waals surface area contributed by atoms with Gasteiger partial charge in [0, 0.05) is 23.4 Å². The van der Waals surface area contributed by atoms with Gasteiger partial charge >= 0.3 is 0 Å². The summed E-state index contributed by atoms with van der Waals surface area (Å²) >= 11 is 0. The van der Waals surface area contributed by atoms with E-state index in [0.29, 0.717) is 5.57 Å². The number of allylic oxidation sites excluding steroid dienone is 4. The Labute approximate surface area is 210 Å². The van der Waals surface area contributed by atoms with E-state index in [1.807, 2.05) is 12.2 Å². The standard InChI is InChI=1S/C31H41NO3/c1-26(2)8-10-30(18-33)11-9-29(5)24(20(30)16-26)21(34)14-23-27(3)15-19(17-32)25(35)31(12-13-31)22(27)6-7-28(23,29)4/h14-15,20,22,24,33H,6-13,16,18H2,1-5H3/t20-,22+,24-,27-,28+,29+,30+/m0/s1. The molecule has 0 bridgehead atoms. The molecule has 0 saturated heterocycles. The first-order chi connectivity index (χ1) is 16.3. The van der Waals surface area contributed by atoms with E-state index >= 15 is 0 Å². The van der Waals surface area contributed by atoms with E-state index in [9.17, 15) is 20.0 Å². The summed E-state index contributed by atoms with van der Waals surface area (Å²) in [4.78, 5) is 27.5. The first-order valence-corrected chi connectivity index (χ1v) is 13.9. The fourth-order valence-electron chi connectivity index (χ4n) is 10.4. The van der Waals surface area contributed by atoms with Gasteiger partial charge in [0.25, 0.3) is 0 Å². The van der Waals surface area contributed by atoms with Crippen molar-refractivity contribution < 1.29 is 14.7 Å². The van der Waals surface area contributed by atoms with Crippen LogP contribution in [0.1, 0.15) is 92.4 Å². The molecule has 0 unspecified atom stereocenters. The third kappa shape index (κ3) is 2.67. The van der Waals surface area contributed by atoms with Gasteiger partial charge in [0.05, 0.1) is 5.57 Å². The van der Waals surface area contributed by atoms with Gasteiger partial charge in [-0.2, -0.15) is 5.26 Å². The molecule has 188 valence electrons. The largest absolute Gasteiger partial charge is 0.396 e. The Balaban J connectivity index is 1.52. The fourth-order valence-corrected chi connectivity index (χ4v) is 10.4. The summed E-state index contributed by atoms with van der Waals surface area (Å²) < 4.78 is 0. The van der Waals surface area contributed by atoms with E-state index in [0.717, 1.165) is 57.8 Å². The summed E-state index contributed by atoms with van der Waals surface area (Å²) in [5.41, 5.74) is 0.383. The Bertz CT molecular complexity index is 1130. The lowest BCUT2D eigenvalue weighted by atomic mass is 9.34. The minimum Gasteiger partial charge on any atom is -0.396 e. The molecule has 7 atom stereocenters. The maximum atomic E-state index is 14.3. The van der Waals surface area contributed by atoms with Crippen LogP contribution in [0.5, 0.6) is 0 Å². The molecule has 0 heterocycles. The molecule has 35 heavy (non-hydrogen) atoms. The topological polar surface area (TPSA) is 78.2 Å². The maximum Gasteiger partial charge on any atom is 0.179 e. The van der Waals surface area contributed by atoms with Crippen LogP contribution in [0.2, 0.25) is 0 Å². The van der Waals surface area contributed by atoms with Gasteiger partial charge in [-0.1, -0.05) is 46.3 Å². The van der Waals surface area contributed by atoms with Gasteiger partial charge in [-0.25, -0.2) is 0 Å². The highest BCUT2D eigenvalue weighted by molar-refractivity contribution is 6.06. The molecule has 1 spiro atoms. The highest BCUT2D eigenvalue weighted by Gasteiger charge is 2.72. The predicted octanol–water partition coefficient (Wildman–Crippen LogP) is 5.95. The quantitative estimate of drug-likeness (QED) is 0.508. The first kappa shape index (κ1) is 23.7. The number of hydrogen-bond acceptors (Lipinski definition) is 4. The molecule has 6 aliphatic rings. The van der Waals surface area contributed by atoms with Crippen LogP contribution in [0.25, 0.3) is 0 Å². The number of nitriles is 1. The van der Waals surface area contributed by atoms with Crippen LogP contribution >= 0.6 is 0 Å². The number of aliphatic hydroxyl groups excluding tert-OH is 1. The third-order valence-corrected chi connectivity index (χ3v) is 12.8. The number of nitrogens with zero attached hydrogens (tertiary/aromatic N) is 1. The summed E-state index contributed by atoms with van der Waals surface area (Å²) in [5, 5.41) is 20.5. The third-order valence-electron chi connectivity index (χ3n) is 12.8. The molecule has 4 nitrogen and oxygen atoms in total. The van der Waals surface area contributed by atoms with Crippen molar-refractivity contribution in [3.8, 4) is 6.07 Å². The van der Waals surface area contributed by atoms with E-state index in [1.54, 1.807) is 0 Å². The molecule has 6 aliphatic carbocycles. The second kappa shape index (κ2) is 6.77. The Morgan fingerprint density at radius 1 is 1.00 bits per heavy atom. The number of hydrogen-bond donors (Lipinski definition) is 1. The minimum absolute atomic E-state index is 0.0488. The van der Waals surface area contributed by atoms with Crippen LogP contribution in [0, 0.1) is 61.6 Å². The number of fused-ring (bicyclic) bond motifs is 8. The molecule has 4 heteroatoms. The number of Topliss-reactive ketones (excluding diaryl/α,β-unsaturated/α-hetero) is 1. The van der Waals surface area contributed by atoms with Crippen molar-refractivity contribution in [3.05, 3.63) is 23.3 Å². The van der Waals surface area contributed by atoms with Gasteiger partial charge in [0.2, 0.25) is 0 Å². The predicted molar refractivity (Wildman–Crippen MR) is 134 cm³/mol. The van der Waals surface area contributed by atoms with Crippen molar-refractivity contribution in [1.82, 2.24) is 0 Å². The minimum atomic E-state index is -0.427. The van der Waals surface area contributed by atoms with Crippen LogP contribution in [-0.4, -0.2) is 23.3 Å². The second-order valence-corrected chi connectivity index (χ2v) is 14.7. The maximum absolute atomic E-state index is 14.3. The van der Waals surface area contributed by atoms with Gasteiger partial charge in [0.15, 0.2) is 11.6 Å². The highest BCUT2D eigenvalue weighted by Crippen LogP contribution is 2.76. The molecule has 6 rings (SSSR count). The number of ketones is 2.